The highest BCUT2D eigenvalue weighted by molar-refractivity contribution is 7.18. The number of fused-ring (bicyclic) bond motifs is 1. The van der Waals surface area contributed by atoms with Crippen molar-refractivity contribution < 1.29 is 9.59 Å². The Kier molecular flexibility index (Phi) is 5.90. The lowest BCUT2D eigenvalue weighted by atomic mass is 9.97. The predicted octanol–water partition coefficient (Wildman–Crippen LogP) is 4.13. The van der Waals surface area contributed by atoms with Crippen LogP contribution >= 0.6 is 11.3 Å². The number of aromatic nitrogens is 1. The van der Waals surface area contributed by atoms with Gasteiger partial charge in [-0.05, 0) is 43.5 Å². The van der Waals surface area contributed by atoms with E-state index in [0.717, 1.165) is 37.0 Å². The maximum atomic E-state index is 12.5. The fourth-order valence-corrected chi connectivity index (χ4v) is 4.94. The van der Waals surface area contributed by atoms with E-state index in [0.29, 0.717) is 24.4 Å². The average molecular weight is 408 g/mol. The molecule has 1 aromatic heterocycles. The van der Waals surface area contributed by atoms with Crippen molar-refractivity contribution in [2.75, 3.05) is 19.6 Å². The summed E-state index contributed by atoms with van der Waals surface area (Å²) >= 11 is 1.77. The molecule has 4 rings (SSSR count). The summed E-state index contributed by atoms with van der Waals surface area (Å²) in [5.74, 6) is 0.417. The standard InChI is InChI=1S/C23H25N3O2S/c1-16-6-2-3-7-18(16)22(28)24-13-10-21(27)26-14-11-17(12-15-26)23-25-19-8-4-5-9-20(19)29-23/h2-9,17H,10-15H2,1H3,(H,24,28). The Labute approximate surface area is 174 Å². The van der Waals surface area contributed by atoms with Crippen molar-refractivity contribution in [1.29, 1.82) is 0 Å². The summed E-state index contributed by atoms with van der Waals surface area (Å²) in [6.45, 7) is 3.79. The molecule has 29 heavy (non-hydrogen) atoms. The van der Waals surface area contributed by atoms with E-state index in [-0.39, 0.29) is 11.8 Å². The molecule has 6 heteroatoms. The molecule has 3 aromatic rings. The molecule has 2 amide bonds. The van der Waals surface area contributed by atoms with Gasteiger partial charge in [-0.25, -0.2) is 4.98 Å². The number of carbonyl (C=O) groups excluding carboxylic acids is 2. The molecule has 5 nitrogen and oxygen atoms in total. The number of amides is 2. The number of benzene rings is 2. The monoisotopic (exact) mass is 407 g/mol. The van der Waals surface area contributed by atoms with Crippen LogP contribution in [0.15, 0.2) is 48.5 Å². The molecular weight excluding hydrogens is 382 g/mol. The molecule has 0 aliphatic carbocycles. The van der Waals surface area contributed by atoms with Gasteiger partial charge in [-0.3, -0.25) is 9.59 Å². The van der Waals surface area contributed by atoms with Crippen LogP contribution in [0.4, 0.5) is 0 Å². The third-order valence-electron chi connectivity index (χ3n) is 5.52. The lowest BCUT2D eigenvalue weighted by molar-refractivity contribution is -0.132. The molecule has 1 aliphatic rings. The van der Waals surface area contributed by atoms with Gasteiger partial charge in [0, 0.05) is 37.5 Å². The Bertz CT molecular complexity index is 989. The maximum absolute atomic E-state index is 12.5. The third-order valence-corrected chi connectivity index (χ3v) is 6.72. The Morgan fingerprint density at radius 1 is 1.10 bits per heavy atom. The number of hydrogen-bond donors (Lipinski definition) is 1. The Balaban J connectivity index is 1.25. The molecule has 2 aromatic carbocycles. The number of rotatable bonds is 5. The van der Waals surface area contributed by atoms with Gasteiger partial charge in [0.15, 0.2) is 0 Å². The first-order chi connectivity index (χ1) is 14.1. The third kappa shape index (κ3) is 4.48. The van der Waals surface area contributed by atoms with E-state index in [1.807, 2.05) is 42.2 Å². The van der Waals surface area contributed by atoms with Crippen LogP contribution in [0.5, 0.6) is 0 Å². The fourth-order valence-electron chi connectivity index (χ4n) is 3.80. The van der Waals surface area contributed by atoms with Crippen molar-refractivity contribution in [3.8, 4) is 0 Å². The van der Waals surface area contributed by atoms with E-state index in [2.05, 4.69) is 17.4 Å². The van der Waals surface area contributed by atoms with Gasteiger partial charge in [0.25, 0.3) is 5.91 Å². The number of para-hydroxylation sites is 1. The summed E-state index contributed by atoms with van der Waals surface area (Å²) in [7, 11) is 0. The van der Waals surface area contributed by atoms with Gasteiger partial charge in [0.2, 0.25) is 5.91 Å². The zero-order valence-electron chi connectivity index (χ0n) is 16.6. The minimum absolute atomic E-state index is 0.109. The first-order valence-electron chi connectivity index (χ1n) is 10.1. The SMILES string of the molecule is Cc1ccccc1C(=O)NCCC(=O)N1CCC(c2nc3ccccc3s2)CC1. The van der Waals surface area contributed by atoms with Crippen molar-refractivity contribution in [3.63, 3.8) is 0 Å². The van der Waals surface area contributed by atoms with E-state index in [4.69, 9.17) is 4.98 Å². The van der Waals surface area contributed by atoms with Crippen LogP contribution in [0.3, 0.4) is 0 Å². The van der Waals surface area contributed by atoms with Crippen LogP contribution in [0.25, 0.3) is 10.2 Å². The van der Waals surface area contributed by atoms with Crippen molar-refractivity contribution in [1.82, 2.24) is 15.2 Å². The zero-order valence-corrected chi connectivity index (χ0v) is 17.4. The molecule has 0 bridgehead atoms. The summed E-state index contributed by atoms with van der Waals surface area (Å²) in [6, 6.07) is 15.7. The molecule has 0 atom stereocenters. The van der Waals surface area contributed by atoms with Crippen LogP contribution in [-0.2, 0) is 4.79 Å². The van der Waals surface area contributed by atoms with Crippen molar-refractivity contribution in [2.45, 2.75) is 32.1 Å². The lowest BCUT2D eigenvalue weighted by Crippen LogP contribution is -2.39. The molecular formula is C23H25N3O2S. The molecule has 1 fully saturated rings. The van der Waals surface area contributed by atoms with Gasteiger partial charge >= 0.3 is 0 Å². The summed E-state index contributed by atoms with van der Waals surface area (Å²) < 4.78 is 1.23. The first-order valence-corrected chi connectivity index (χ1v) is 10.9. The van der Waals surface area contributed by atoms with E-state index in [1.165, 1.54) is 9.71 Å². The van der Waals surface area contributed by atoms with E-state index < -0.39 is 0 Å². The van der Waals surface area contributed by atoms with Gasteiger partial charge in [0.1, 0.15) is 0 Å². The van der Waals surface area contributed by atoms with Crippen LogP contribution in [0.1, 0.15) is 46.1 Å². The van der Waals surface area contributed by atoms with Crippen LogP contribution in [-0.4, -0.2) is 41.3 Å². The molecule has 2 heterocycles. The number of likely N-dealkylation sites (tertiary alicyclic amines) is 1. The zero-order chi connectivity index (χ0) is 20.2. The summed E-state index contributed by atoms with van der Waals surface area (Å²) in [5, 5.41) is 4.05. The number of hydrogen-bond acceptors (Lipinski definition) is 4. The van der Waals surface area contributed by atoms with Gasteiger partial charge in [0.05, 0.1) is 15.2 Å². The molecule has 1 N–H and O–H groups in total. The molecule has 1 aliphatic heterocycles. The Morgan fingerprint density at radius 2 is 1.83 bits per heavy atom. The van der Waals surface area contributed by atoms with Crippen molar-refractivity contribution in [2.24, 2.45) is 0 Å². The van der Waals surface area contributed by atoms with Gasteiger partial charge < -0.3 is 10.2 Å². The molecule has 150 valence electrons. The second-order valence-corrected chi connectivity index (χ2v) is 8.56. The minimum atomic E-state index is -0.120. The second kappa shape index (κ2) is 8.74. The average Bonchev–Trinajstić information content (AvgIpc) is 3.18. The highest BCUT2D eigenvalue weighted by Crippen LogP contribution is 2.33. The molecule has 0 radical (unpaired) electrons. The van der Waals surface area contributed by atoms with Crippen molar-refractivity contribution >= 4 is 33.4 Å². The van der Waals surface area contributed by atoms with E-state index in [9.17, 15) is 9.59 Å². The van der Waals surface area contributed by atoms with Crippen LogP contribution < -0.4 is 5.32 Å². The van der Waals surface area contributed by atoms with Gasteiger partial charge in [-0.1, -0.05) is 30.3 Å². The maximum Gasteiger partial charge on any atom is 0.251 e. The molecule has 0 spiro atoms. The molecule has 1 saturated heterocycles. The van der Waals surface area contributed by atoms with E-state index in [1.54, 1.807) is 17.4 Å². The number of nitrogens with one attached hydrogen (secondary N) is 1. The number of aryl methyl sites for hydroxylation is 1. The largest absolute Gasteiger partial charge is 0.352 e. The second-order valence-electron chi connectivity index (χ2n) is 7.50. The Morgan fingerprint density at radius 3 is 2.59 bits per heavy atom. The quantitative estimate of drug-likeness (QED) is 0.692. The summed E-state index contributed by atoms with van der Waals surface area (Å²) in [4.78, 5) is 31.5. The Hall–Kier alpha value is -2.73. The van der Waals surface area contributed by atoms with Gasteiger partial charge in [-0.15, -0.1) is 11.3 Å². The summed E-state index contributed by atoms with van der Waals surface area (Å²) in [5.41, 5.74) is 2.67. The lowest BCUT2D eigenvalue weighted by Gasteiger charge is -2.31. The summed E-state index contributed by atoms with van der Waals surface area (Å²) in [6.07, 6.45) is 2.23. The predicted molar refractivity (Wildman–Crippen MR) is 116 cm³/mol. The minimum Gasteiger partial charge on any atom is -0.352 e. The smallest absolute Gasteiger partial charge is 0.251 e. The van der Waals surface area contributed by atoms with Gasteiger partial charge in [-0.2, -0.15) is 0 Å². The van der Waals surface area contributed by atoms with Crippen LogP contribution in [0, 0.1) is 6.92 Å². The van der Waals surface area contributed by atoms with E-state index >= 15 is 0 Å². The highest BCUT2D eigenvalue weighted by Gasteiger charge is 2.25. The number of thiazole rings is 1. The number of carbonyl (C=O) groups is 2. The molecule has 0 unspecified atom stereocenters. The number of nitrogens with zero attached hydrogens (tertiary/aromatic N) is 2. The topological polar surface area (TPSA) is 62.3 Å². The highest BCUT2D eigenvalue weighted by atomic mass is 32.1. The number of piperidine rings is 1. The fraction of sp³-hybridized carbons (Fsp3) is 0.348. The normalized spacial score (nSPS) is 14.9. The van der Waals surface area contributed by atoms with Crippen molar-refractivity contribution in [3.05, 3.63) is 64.7 Å². The van der Waals surface area contributed by atoms with Crippen LogP contribution in [0.2, 0.25) is 0 Å². The first kappa shape index (κ1) is 19.6. The molecule has 0 saturated carbocycles.